The Kier molecular flexibility index (Phi) is 6.03. The Morgan fingerprint density at radius 2 is 2.18 bits per heavy atom. The van der Waals surface area contributed by atoms with Gasteiger partial charge < -0.3 is 15.4 Å². The van der Waals surface area contributed by atoms with Crippen molar-refractivity contribution in [2.24, 2.45) is 0 Å². The maximum Gasteiger partial charge on any atom is 0.315 e. The lowest BCUT2D eigenvalue weighted by molar-refractivity contribution is 0.236. The van der Waals surface area contributed by atoms with Crippen molar-refractivity contribution in [3.8, 4) is 5.75 Å². The molecule has 22 heavy (non-hydrogen) atoms. The van der Waals surface area contributed by atoms with Crippen molar-refractivity contribution in [2.45, 2.75) is 13.5 Å². The molecule has 5 nitrogen and oxygen atoms in total. The van der Waals surface area contributed by atoms with Crippen molar-refractivity contribution in [3.05, 3.63) is 58.9 Å². The summed E-state index contributed by atoms with van der Waals surface area (Å²) in [7, 11) is 0. The molecule has 1 heterocycles. The van der Waals surface area contributed by atoms with E-state index in [1.54, 1.807) is 18.5 Å². The second-order valence-corrected chi connectivity index (χ2v) is 5.16. The van der Waals surface area contributed by atoms with E-state index in [0.717, 1.165) is 11.1 Å². The number of hydrogen-bond donors (Lipinski definition) is 2. The van der Waals surface area contributed by atoms with E-state index >= 15 is 0 Å². The first kappa shape index (κ1) is 16.1. The quantitative estimate of drug-likeness (QED) is 0.805. The number of nitrogens with one attached hydrogen (secondary N) is 2. The summed E-state index contributed by atoms with van der Waals surface area (Å²) in [4.78, 5) is 15.6. The molecule has 116 valence electrons. The fourth-order valence-corrected chi connectivity index (χ4v) is 1.97. The van der Waals surface area contributed by atoms with E-state index in [4.69, 9.17) is 16.3 Å². The highest BCUT2D eigenvalue weighted by Crippen LogP contribution is 2.24. The molecule has 2 rings (SSSR count). The number of urea groups is 1. The molecule has 0 radical (unpaired) electrons. The zero-order valence-electron chi connectivity index (χ0n) is 12.3. The van der Waals surface area contributed by atoms with Crippen molar-refractivity contribution in [3.63, 3.8) is 0 Å². The Morgan fingerprint density at radius 3 is 2.95 bits per heavy atom. The van der Waals surface area contributed by atoms with Gasteiger partial charge in [-0.05, 0) is 36.2 Å². The Hall–Kier alpha value is -2.27. The molecule has 0 atom stereocenters. The number of aromatic nitrogens is 1. The molecule has 0 saturated carbocycles. The number of benzene rings is 1. The standard InChI is InChI=1S/C16H18ClN3O2/c1-12-4-5-14(17)15(9-12)22-8-7-19-16(21)20-11-13-3-2-6-18-10-13/h2-6,9-10H,7-8,11H2,1H3,(H2,19,20,21). The molecule has 6 heteroatoms. The molecule has 0 unspecified atom stereocenters. The summed E-state index contributed by atoms with van der Waals surface area (Å²) in [6.45, 7) is 3.14. The second-order valence-electron chi connectivity index (χ2n) is 4.75. The van der Waals surface area contributed by atoms with Gasteiger partial charge in [0.15, 0.2) is 0 Å². The lowest BCUT2D eigenvalue weighted by Gasteiger charge is -2.10. The average molecular weight is 320 g/mol. The molecule has 0 saturated heterocycles. The Balaban J connectivity index is 1.66. The number of amides is 2. The monoisotopic (exact) mass is 319 g/mol. The summed E-state index contributed by atoms with van der Waals surface area (Å²) in [5.41, 5.74) is 2.02. The van der Waals surface area contributed by atoms with E-state index < -0.39 is 0 Å². The molecule has 0 fully saturated rings. The third-order valence-corrected chi connectivity index (χ3v) is 3.22. The van der Waals surface area contributed by atoms with Gasteiger partial charge in [-0.1, -0.05) is 23.7 Å². The molecular weight excluding hydrogens is 302 g/mol. The number of halogens is 1. The minimum atomic E-state index is -0.247. The summed E-state index contributed by atoms with van der Waals surface area (Å²) >= 11 is 6.02. The summed E-state index contributed by atoms with van der Waals surface area (Å²) in [5.74, 6) is 0.624. The van der Waals surface area contributed by atoms with Gasteiger partial charge in [0.2, 0.25) is 0 Å². The van der Waals surface area contributed by atoms with Crippen molar-refractivity contribution in [1.29, 1.82) is 0 Å². The van der Waals surface area contributed by atoms with Gasteiger partial charge in [-0.2, -0.15) is 0 Å². The third kappa shape index (κ3) is 5.26. The van der Waals surface area contributed by atoms with Crippen LogP contribution in [0, 0.1) is 6.92 Å². The summed E-state index contributed by atoms with van der Waals surface area (Å²) in [6.07, 6.45) is 3.40. The van der Waals surface area contributed by atoms with Crippen LogP contribution in [0.25, 0.3) is 0 Å². The van der Waals surface area contributed by atoms with Crippen LogP contribution in [-0.2, 0) is 6.54 Å². The predicted molar refractivity (Wildman–Crippen MR) is 86.2 cm³/mol. The maximum atomic E-state index is 11.6. The van der Waals surface area contributed by atoms with E-state index in [2.05, 4.69) is 15.6 Å². The minimum Gasteiger partial charge on any atom is -0.490 e. The first-order chi connectivity index (χ1) is 10.6. The average Bonchev–Trinajstić information content (AvgIpc) is 2.53. The highest BCUT2D eigenvalue weighted by molar-refractivity contribution is 6.32. The van der Waals surface area contributed by atoms with Crippen LogP contribution in [0.2, 0.25) is 5.02 Å². The number of ether oxygens (including phenoxy) is 1. The van der Waals surface area contributed by atoms with Gasteiger partial charge in [-0.15, -0.1) is 0 Å². The first-order valence-electron chi connectivity index (χ1n) is 6.95. The number of carbonyl (C=O) groups is 1. The Morgan fingerprint density at radius 1 is 1.32 bits per heavy atom. The lowest BCUT2D eigenvalue weighted by Crippen LogP contribution is -2.37. The molecule has 1 aromatic carbocycles. The van der Waals surface area contributed by atoms with Crippen LogP contribution in [0.5, 0.6) is 5.75 Å². The van der Waals surface area contributed by atoms with E-state index in [1.165, 1.54) is 0 Å². The highest BCUT2D eigenvalue weighted by atomic mass is 35.5. The number of hydrogen-bond acceptors (Lipinski definition) is 3. The van der Waals surface area contributed by atoms with E-state index in [-0.39, 0.29) is 6.03 Å². The molecule has 0 aliphatic rings. The maximum absolute atomic E-state index is 11.6. The van der Waals surface area contributed by atoms with E-state index in [0.29, 0.717) is 30.5 Å². The van der Waals surface area contributed by atoms with Crippen LogP contribution in [0.1, 0.15) is 11.1 Å². The SMILES string of the molecule is Cc1ccc(Cl)c(OCCNC(=O)NCc2cccnc2)c1. The van der Waals surface area contributed by atoms with Crippen molar-refractivity contribution in [2.75, 3.05) is 13.2 Å². The van der Waals surface area contributed by atoms with Gasteiger partial charge >= 0.3 is 6.03 Å². The molecule has 0 bridgehead atoms. The van der Waals surface area contributed by atoms with Crippen LogP contribution in [-0.4, -0.2) is 24.2 Å². The van der Waals surface area contributed by atoms with Gasteiger partial charge in [0.1, 0.15) is 12.4 Å². The molecule has 0 aliphatic carbocycles. The molecular formula is C16H18ClN3O2. The van der Waals surface area contributed by atoms with Gasteiger partial charge in [-0.25, -0.2) is 4.79 Å². The molecule has 0 aliphatic heterocycles. The molecule has 2 N–H and O–H groups in total. The lowest BCUT2D eigenvalue weighted by atomic mass is 10.2. The van der Waals surface area contributed by atoms with Gasteiger partial charge in [0, 0.05) is 18.9 Å². The smallest absolute Gasteiger partial charge is 0.315 e. The number of carbonyl (C=O) groups excluding carboxylic acids is 1. The molecule has 0 spiro atoms. The zero-order valence-corrected chi connectivity index (χ0v) is 13.1. The van der Waals surface area contributed by atoms with E-state index in [9.17, 15) is 4.79 Å². The zero-order chi connectivity index (χ0) is 15.8. The van der Waals surface area contributed by atoms with Crippen LogP contribution < -0.4 is 15.4 Å². The summed E-state index contributed by atoms with van der Waals surface area (Å²) < 4.78 is 5.55. The molecule has 2 amide bonds. The Labute approximate surface area is 134 Å². The normalized spacial score (nSPS) is 10.1. The summed E-state index contributed by atoms with van der Waals surface area (Å²) in [6, 6.07) is 9.05. The van der Waals surface area contributed by atoms with Crippen LogP contribution in [0.15, 0.2) is 42.7 Å². The van der Waals surface area contributed by atoms with Crippen molar-refractivity contribution < 1.29 is 9.53 Å². The second kappa shape index (κ2) is 8.24. The minimum absolute atomic E-state index is 0.247. The van der Waals surface area contributed by atoms with Crippen molar-refractivity contribution in [1.82, 2.24) is 15.6 Å². The van der Waals surface area contributed by atoms with Crippen LogP contribution in [0.3, 0.4) is 0 Å². The van der Waals surface area contributed by atoms with Gasteiger partial charge in [-0.3, -0.25) is 4.98 Å². The fraction of sp³-hybridized carbons (Fsp3) is 0.250. The summed E-state index contributed by atoms with van der Waals surface area (Å²) in [5, 5.41) is 6.03. The predicted octanol–water partition coefficient (Wildman–Crippen LogP) is 2.92. The number of pyridine rings is 1. The Bertz CT molecular complexity index is 620. The van der Waals surface area contributed by atoms with E-state index in [1.807, 2.05) is 31.2 Å². The van der Waals surface area contributed by atoms with Crippen LogP contribution in [0.4, 0.5) is 4.79 Å². The number of rotatable bonds is 6. The highest BCUT2D eigenvalue weighted by Gasteiger charge is 2.03. The first-order valence-corrected chi connectivity index (χ1v) is 7.32. The number of aryl methyl sites for hydroxylation is 1. The fourth-order valence-electron chi connectivity index (χ4n) is 1.79. The van der Waals surface area contributed by atoms with Crippen LogP contribution >= 0.6 is 11.6 Å². The van der Waals surface area contributed by atoms with Gasteiger partial charge in [0.05, 0.1) is 11.6 Å². The molecule has 2 aromatic rings. The third-order valence-electron chi connectivity index (χ3n) is 2.91. The largest absolute Gasteiger partial charge is 0.490 e. The van der Waals surface area contributed by atoms with Crippen molar-refractivity contribution >= 4 is 17.6 Å². The molecule has 1 aromatic heterocycles. The van der Waals surface area contributed by atoms with Gasteiger partial charge in [0.25, 0.3) is 0 Å². The number of nitrogens with zero attached hydrogens (tertiary/aromatic N) is 1. The topological polar surface area (TPSA) is 63.2 Å².